The molecule has 12 heteroatoms. The molecule has 0 bridgehead atoms. The number of carbonyl (C=O) groups is 3. The van der Waals surface area contributed by atoms with Crippen LogP contribution in [0.1, 0.15) is 35.4 Å². The lowest BCUT2D eigenvalue weighted by molar-refractivity contribution is -0.161. The van der Waals surface area contributed by atoms with Crippen molar-refractivity contribution in [3.63, 3.8) is 0 Å². The molecule has 2 aliphatic rings. The number of esters is 1. The molecule has 0 spiro atoms. The fourth-order valence-electron chi connectivity index (χ4n) is 5.19. The van der Waals surface area contributed by atoms with E-state index in [1.165, 1.54) is 25.3 Å². The summed E-state index contributed by atoms with van der Waals surface area (Å²) in [5.41, 5.74) is 7.06. The highest BCUT2D eigenvalue weighted by atomic mass is 32.2. The van der Waals surface area contributed by atoms with Crippen LogP contribution in [-0.2, 0) is 35.5 Å². The quantitative estimate of drug-likeness (QED) is 0.232. The number of rotatable bonds is 8. The molecule has 2 amide bonds. The van der Waals surface area contributed by atoms with Gasteiger partial charge in [-0.1, -0.05) is 60.7 Å². The maximum absolute atomic E-state index is 14.0. The molecule has 1 unspecified atom stereocenters. The van der Waals surface area contributed by atoms with Crippen LogP contribution in [0.25, 0.3) is 6.08 Å². The number of aliphatic hydroxyl groups excluding tert-OH is 1. The van der Waals surface area contributed by atoms with E-state index < -0.39 is 56.7 Å². The second-order valence-electron chi connectivity index (χ2n) is 9.92. The minimum atomic E-state index is -4.37. The SMILES string of the molecule is C[C@]1(COC(N)=O)[C@H](C(=O)OC(c2ccccc2)c2ccccc2)N2C(=O)/C(=C/c3cc(CO)ccn3)C2S1(=O)=O. The lowest BCUT2D eigenvalue weighted by Crippen LogP contribution is -2.60. The Hall–Kier alpha value is -4.55. The average Bonchev–Trinajstić information content (AvgIpc) is 3.14. The molecular weight excluding hydrogens is 550 g/mol. The molecular formula is C29H27N3O8S. The number of sulfone groups is 1. The van der Waals surface area contributed by atoms with Crippen molar-refractivity contribution in [1.29, 1.82) is 0 Å². The molecule has 1 aromatic heterocycles. The summed E-state index contributed by atoms with van der Waals surface area (Å²) >= 11 is 0. The predicted octanol–water partition coefficient (Wildman–Crippen LogP) is 2.11. The molecule has 3 N–H and O–H groups in total. The van der Waals surface area contributed by atoms with Gasteiger partial charge in [-0.2, -0.15) is 0 Å². The first-order chi connectivity index (χ1) is 19.6. The van der Waals surface area contributed by atoms with Gasteiger partial charge in [-0.25, -0.2) is 18.0 Å². The fourth-order valence-corrected chi connectivity index (χ4v) is 7.46. The van der Waals surface area contributed by atoms with Crippen LogP contribution in [0.15, 0.2) is 84.6 Å². The van der Waals surface area contributed by atoms with Crippen molar-refractivity contribution in [2.24, 2.45) is 5.73 Å². The number of pyridine rings is 1. The van der Waals surface area contributed by atoms with E-state index in [0.717, 1.165) is 4.90 Å². The molecule has 2 saturated heterocycles. The molecule has 3 heterocycles. The number of ether oxygens (including phenoxy) is 2. The largest absolute Gasteiger partial charge is 0.451 e. The third-order valence-corrected chi connectivity index (χ3v) is 10.0. The van der Waals surface area contributed by atoms with Crippen molar-refractivity contribution >= 4 is 33.9 Å². The molecule has 41 heavy (non-hydrogen) atoms. The van der Waals surface area contributed by atoms with Gasteiger partial charge in [0.25, 0.3) is 5.91 Å². The van der Waals surface area contributed by atoms with Gasteiger partial charge in [-0.05, 0) is 41.8 Å². The fraction of sp³-hybridized carbons (Fsp3) is 0.241. The lowest BCUT2D eigenvalue weighted by atomic mass is 9.93. The van der Waals surface area contributed by atoms with Gasteiger partial charge in [0.2, 0.25) is 0 Å². The van der Waals surface area contributed by atoms with E-state index in [2.05, 4.69) is 4.98 Å². The number of aliphatic hydroxyl groups is 1. The van der Waals surface area contributed by atoms with Crippen LogP contribution in [0.3, 0.4) is 0 Å². The summed E-state index contributed by atoms with van der Waals surface area (Å²) in [4.78, 5) is 43.9. The van der Waals surface area contributed by atoms with E-state index in [0.29, 0.717) is 16.7 Å². The second-order valence-corrected chi connectivity index (χ2v) is 12.4. The minimum Gasteiger partial charge on any atom is -0.451 e. The molecule has 3 aromatic rings. The summed E-state index contributed by atoms with van der Waals surface area (Å²) in [6, 6.07) is 19.2. The first-order valence-corrected chi connectivity index (χ1v) is 14.2. The first-order valence-electron chi connectivity index (χ1n) is 12.6. The van der Waals surface area contributed by atoms with E-state index in [-0.39, 0.29) is 17.9 Å². The third kappa shape index (κ3) is 4.85. The van der Waals surface area contributed by atoms with Gasteiger partial charge in [0.15, 0.2) is 27.4 Å². The van der Waals surface area contributed by atoms with E-state index in [1.54, 1.807) is 66.7 Å². The maximum Gasteiger partial charge on any atom is 0.404 e. The molecule has 2 aromatic carbocycles. The van der Waals surface area contributed by atoms with Gasteiger partial charge in [0.1, 0.15) is 11.4 Å². The van der Waals surface area contributed by atoms with Gasteiger partial charge < -0.3 is 25.2 Å². The summed E-state index contributed by atoms with van der Waals surface area (Å²) in [6.45, 7) is 0.170. The maximum atomic E-state index is 14.0. The Bertz CT molecular complexity index is 1590. The second kappa shape index (κ2) is 10.8. The molecule has 0 aliphatic carbocycles. The zero-order valence-corrected chi connectivity index (χ0v) is 22.7. The molecule has 2 aliphatic heterocycles. The van der Waals surface area contributed by atoms with Crippen LogP contribution in [0.2, 0.25) is 0 Å². The standard InChI is InChI=1S/C29H27N3O8S/c1-29(17-39-28(30)36)24(27(35)40-23(19-8-4-2-5-9-19)20-10-6-3-7-11-20)32-25(34)22(26(32)41(29,37)38)15-21-14-18(16-33)12-13-31-21/h2-15,23-24,26,33H,16-17H2,1H3,(H2,30,36)/b22-15-/t24-,26?,29-/m0/s1. The smallest absolute Gasteiger partial charge is 0.404 e. The number of nitrogens with zero attached hydrogens (tertiary/aromatic N) is 2. The zero-order chi connectivity index (χ0) is 29.4. The summed E-state index contributed by atoms with van der Waals surface area (Å²) in [5, 5.41) is 7.92. The molecule has 3 atom stereocenters. The summed E-state index contributed by atoms with van der Waals surface area (Å²) < 4.78 is 36.7. The van der Waals surface area contributed by atoms with Crippen LogP contribution < -0.4 is 5.73 Å². The summed E-state index contributed by atoms with van der Waals surface area (Å²) in [7, 11) is -4.37. The Kier molecular flexibility index (Phi) is 7.37. The molecule has 212 valence electrons. The Morgan fingerprint density at radius 3 is 2.27 bits per heavy atom. The summed E-state index contributed by atoms with van der Waals surface area (Å²) in [6.07, 6.45) is 0.575. The van der Waals surface area contributed by atoms with E-state index in [9.17, 15) is 27.9 Å². The van der Waals surface area contributed by atoms with E-state index in [1.807, 2.05) is 0 Å². The van der Waals surface area contributed by atoms with Crippen molar-refractivity contribution in [1.82, 2.24) is 9.88 Å². The number of benzene rings is 2. The molecule has 2 fully saturated rings. The molecule has 5 rings (SSSR count). The number of fused-ring (bicyclic) bond motifs is 1. The highest BCUT2D eigenvalue weighted by Gasteiger charge is 2.73. The van der Waals surface area contributed by atoms with E-state index in [4.69, 9.17) is 15.2 Å². The van der Waals surface area contributed by atoms with Gasteiger partial charge in [-0.3, -0.25) is 9.78 Å². The Labute approximate surface area is 236 Å². The monoisotopic (exact) mass is 577 g/mol. The normalized spacial score (nSPS) is 23.6. The number of aromatic nitrogens is 1. The van der Waals surface area contributed by atoms with Crippen LogP contribution in [0.4, 0.5) is 4.79 Å². The zero-order valence-electron chi connectivity index (χ0n) is 21.9. The van der Waals surface area contributed by atoms with Crippen LogP contribution in [-0.4, -0.2) is 64.1 Å². The molecule has 0 saturated carbocycles. The highest BCUT2D eigenvalue weighted by Crippen LogP contribution is 2.50. The Morgan fingerprint density at radius 2 is 1.71 bits per heavy atom. The number of hydrogen-bond donors (Lipinski definition) is 2. The summed E-state index contributed by atoms with van der Waals surface area (Å²) in [5.74, 6) is -1.70. The molecule has 0 radical (unpaired) electrons. The number of hydrogen-bond acceptors (Lipinski definition) is 9. The topological polar surface area (TPSA) is 166 Å². The number of amides is 2. The predicted molar refractivity (Wildman–Crippen MR) is 146 cm³/mol. The van der Waals surface area contributed by atoms with E-state index >= 15 is 0 Å². The average molecular weight is 578 g/mol. The number of primary amides is 1. The number of nitrogens with two attached hydrogens (primary N) is 1. The first kappa shape index (κ1) is 28.0. The highest BCUT2D eigenvalue weighted by molar-refractivity contribution is 7.94. The molecule has 11 nitrogen and oxygen atoms in total. The van der Waals surface area contributed by atoms with Crippen LogP contribution in [0, 0.1) is 0 Å². The van der Waals surface area contributed by atoms with Gasteiger partial charge >= 0.3 is 12.1 Å². The van der Waals surface area contributed by atoms with Crippen molar-refractivity contribution in [3.8, 4) is 0 Å². The Morgan fingerprint density at radius 1 is 1.10 bits per heavy atom. The van der Waals surface area contributed by atoms with Gasteiger partial charge in [0.05, 0.1) is 17.9 Å². The van der Waals surface area contributed by atoms with Crippen molar-refractivity contribution in [3.05, 3.63) is 107 Å². The minimum absolute atomic E-state index is 0.115. The van der Waals surface area contributed by atoms with Gasteiger partial charge in [-0.15, -0.1) is 0 Å². The third-order valence-electron chi connectivity index (χ3n) is 7.30. The Balaban J connectivity index is 1.56. The van der Waals surface area contributed by atoms with Crippen molar-refractivity contribution in [2.75, 3.05) is 6.61 Å². The van der Waals surface area contributed by atoms with Gasteiger partial charge in [0, 0.05) is 6.20 Å². The lowest BCUT2D eigenvalue weighted by Gasteiger charge is -2.39. The number of carbonyl (C=O) groups excluding carboxylic acids is 3. The van der Waals surface area contributed by atoms with Crippen LogP contribution >= 0.6 is 0 Å². The number of β-lactam (4-membered cyclic amide) rings is 1. The van der Waals surface area contributed by atoms with Crippen molar-refractivity contribution < 1.29 is 37.4 Å². The van der Waals surface area contributed by atoms with Crippen LogP contribution in [0.5, 0.6) is 0 Å². The van der Waals surface area contributed by atoms with Crippen molar-refractivity contribution in [2.45, 2.75) is 35.8 Å².